The summed E-state index contributed by atoms with van der Waals surface area (Å²) in [5.41, 5.74) is 0.528. The Kier molecular flexibility index (Phi) is 6.86. The van der Waals surface area contributed by atoms with E-state index in [1.807, 2.05) is 0 Å². The zero-order valence-electron chi connectivity index (χ0n) is 17.7. The number of ether oxygens (including phenoxy) is 2. The summed E-state index contributed by atoms with van der Waals surface area (Å²) in [6.07, 6.45) is 0.0408. The highest BCUT2D eigenvalue weighted by Crippen LogP contribution is 2.36. The molecule has 0 bridgehead atoms. The number of hydrogen-bond acceptors (Lipinski definition) is 6. The summed E-state index contributed by atoms with van der Waals surface area (Å²) >= 11 is 12.1. The molecule has 2 aliphatic rings. The predicted molar refractivity (Wildman–Crippen MR) is 123 cm³/mol. The Labute approximate surface area is 202 Å². The van der Waals surface area contributed by atoms with Crippen LogP contribution in [0.2, 0.25) is 10.0 Å². The van der Waals surface area contributed by atoms with E-state index in [0.717, 1.165) is 0 Å². The maximum atomic E-state index is 13.6. The van der Waals surface area contributed by atoms with Gasteiger partial charge in [-0.15, -0.1) is 0 Å². The van der Waals surface area contributed by atoms with Gasteiger partial charge < -0.3 is 14.4 Å². The number of para-hydroxylation sites is 2. The third kappa shape index (κ3) is 4.68. The standard InChI is InChI=1S/C22H22Cl2N2O6S/c1-31-22(28)19-13-26(17-6-2-3-7-18(17)32-19)21(27)14-5-4-10-25(12-14)33(29,30)20-11-15(23)8-9-16(20)24/h2-3,6-9,11,14,19H,4-5,10,12-13H2,1H3/t14-,19-/m0/s1. The van der Waals surface area contributed by atoms with Gasteiger partial charge in [-0.2, -0.15) is 4.31 Å². The zero-order chi connectivity index (χ0) is 23.8. The first kappa shape index (κ1) is 23.8. The summed E-state index contributed by atoms with van der Waals surface area (Å²) in [4.78, 5) is 27.1. The van der Waals surface area contributed by atoms with Crippen LogP contribution in [-0.2, 0) is 24.3 Å². The summed E-state index contributed by atoms with van der Waals surface area (Å²) < 4.78 is 38.3. The minimum Gasteiger partial charge on any atom is -0.475 e. The number of hydrogen-bond donors (Lipinski definition) is 0. The molecule has 0 N–H and O–H groups in total. The van der Waals surface area contributed by atoms with Crippen molar-refractivity contribution < 1.29 is 27.5 Å². The number of benzene rings is 2. The molecule has 2 aliphatic heterocycles. The molecule has 1 saturated heterocycles. The van der Waals surface area contributed by atoms with Gasteiger partial charge in [0.2, 0.25) is 22.0 Å². The second-order valence-corrected chi connectivity index (χ2v) is 10.6. The number of rotatable bonds is 4. The molecule has 1 amide bonds. The fourth-order valence-electron chi connectivity index (χ4n) is 4.09. The number of fused-ring (bicyclic) bond motifs is 1. The molecule has 2 atom stereocenters. The number of anilines is 1. The average molecular weight is 513 g/mol. The maximum Gasteiger partial charge on any atom is 0.348 e. The average Bonchev–Trinajstić information content (AvgIpc) is 2.83. The summed E-state index contributed by atoms with van der Waals surface area (Å²) in [7, 11) is -2.70. The molecule has 176 valence electrons. The quantitative estimate of drug-likeness (QED) is 0.583. The fourth-order valence-corrected chi connectivity index (χ4v) is 6.35. The molecule has 0 saturated carbocycles. The Morgan fingerprint density at radius 2 is 1.88 bits per heavy atom. The van der Waals surface area contributed by atoms with Gasteiger partial charge in [0.25, 0.3) is 0 Å². The van der Waals surface area contributed by atoms with Crippen LogP contribution in [-0.4, -0.2) is 57.4 Å². The lowest BCUT2D eigenvalue weighted by Crippen LogP contribution is -2.52. The largest absolute Gasteiger partial charge is 0.475 e. The second kappa shape index (κ2) is 9.50. The summed E-state index contributed by atoms with van der Waals surface area (Å²) in [6.45, 7) is 0.234. The van der Waals surface area contributed by atoms with Crippen molar-refractivity contribution >= 4 is 50.8 Å². The van der Waals surface area contributed by atoms with E-state index in [4.69, 9.17) is 32.7 Å². The third-order valence-electron chi connectivity index (χ3n) is 5.75. The monoisotopic (exact) mass is 512 g/mol. The Morgan fingerprint density at radius 3 is 2.64 bits per heavy atom. The topological polar surface area (TPSA) is 93.2 Å². The van der Waals surface area contributed by atoms with Gasteiger partial charge in [0, 0.05) is 18.1 Å². The summed E-state index contributed by atoms with van der Waals surface area (Å²) in [5, 5.41) is 0.317. The van der Waals surface area contributed by atoms with Gasteiger partial charge in [0.1, 0.15) is 10.6 Å². The predicted octanol–water partition coefficient (Wildman–Crippen LogP) is 3.36. The number of amides is 1. The molecule has 0 unspecified atom stereocenters. The molecule has 0 radical (unpaired) electrons. The highest BCUT2D eigenvalue weighted by molar-refractivity contribution is 7.89. The summed E-state index contributed by atoms with van der Waals surface area (Å²) in [5.74, 6) is -1.09. The Balaban J connectivity index is 1.60. The van der Waals surface area contributed by atoms with Crippen LogP contribution in [0.3, 0.4) is 0 Å². The number of carbonyl (C=O) groups excluding carboxylic acids is 2. The lowest BCUT2D eigenvalue weighted by atomic mass is 9.97. The van der Waals surface area contributed by atoms with Crippen molar-refractivity contribution in [1.82, 2.24) is 4.31 Å². The van der Waals surface area contributed by atoms with E-state index < -0.39 is 28.0 Å². The van der Waals surface area contributed by atoms with E-state index in [9.17, 15) is 18.0 Å². The maximum absolute atomic E-state index is 13.6. The highest BCUT2D eigenvalue weighted by atomic mass is 35.5. The van der Waals surface area contributed by atoms with E-state index in [-0.39, 0.29) is 40.5 Å². The van der Waals surface area contributed by atoms with Gasteiger partial charge in [-0.25, -0.2) is 13.2 Å². The number of piperidine rings is 1. The molecule has 2 aromatic rings. The number of methoxy groups -OCH3 is 1. The van der Waals surface area contributed by atoms with Gasteiger partial charge in [-0.05, 0) is 43.2 Å². The van der Waals surface area contributed by atoms with Crippen molar-refractivity contribution in [3.63, 3.8) is 0 Å². The van der Waals surface area contributed by atoms with Crippen molar-refractivity contribution in [1.29, 1.82) is 0 Å². The van der Waals surface area contributed by atoms with Gasteiger partial charge in [-0.3, -0.25) is 4.79 Å². The van der Waals surface area contributed by atoms with Crippen molar-refractivity contribution in [2.24, 2.45) is 5.92 Å². The third-order valence-corrected chi connectivity index (χ3v) is 8.33. The van der Waals surface area contributed by atoms with E-state index in [1.54, 1.807) is 24.3 Å². The first-order chi connectivity index (χ1) is 15.7. The number of halogens is 2. The molecule has 0 aliphatic carbocycles. The minimum absolute atomic E-state index is 0.00752. The lowest BCUT2D eigenvalue weighted by molar-refractivity contribution is -0.148. The lowest BCUT2D eigenvalue weighted by Gasteiger charge is -2.38. The minimum atomic E-state index is -3.95. The molecule has 4 rings (SSSR count). The molecule has 2 aromatic carbocycles. The number of esters is 1. The van der Waals surface area contributed by atoms with E-state index in [1.165, 1.54) is 34.5 Å². The van der Waals surface area contributed by atoms with Crippen LogP contribution in [0, 0.1) is 5.92 Å². The number of nitrogens with zero attached hydrogens (tertiary/aromatic N) is 2. The van der Waals surface area contributed by atoms with Crippen LogP contribution in [0.4, 0.5) is 5.69 Å². The van der Waals surface area contributed by atoms with Crippen LogP contribution in [0.1, 0.15) is 12.8 Å². The number of sulfonamides is 1. The molecular formula is C22H22Cl2N2O6S. The zero-order valence-corrected chi connectivity index (χ0v) is 20.1. The van der Waals surface area contributed by atoms with Crippen LogP contribution >= 0.6 is 23.2 Å². The van der Waals surface area contributed by atoms with E-state index in [0.29, 0.717) is 24.3 Å². The Bertz CT molecular complexity index is 1190. The van der Waals surface area contributed by atoms with E-state index in [2.05, 4.69) is 0 Å². The van der Waals surface area contributed by atoms with Gasteiger partial charge in [0.05, 0.1) is 30.3 Å². The molecule has 2 heterocycles. The van der Waals surface area contributed by atoms with Crippen LogP contribution in [0.15, 0.2) is 47.4 Å². The molecule has 33 heavy (non-hydrogen) atoms. The van der Waals surface area contributed by atoms with Crippen LogP contribution in [0.25, 0.3) is 0 Å². The fraction of sp³-hybridized carbons (Fsp3) is 0.364. The van der Waals surface area contributed by atoms with Crippen LogP contribution < -0.4 is 9.64 Å². The van der Waals surface area contributed by atoms with Gasteiger partial charge in [0.15, 0.2) is 0 Å². The van der Waals surface area contributed by atoms with Crippen molar-refractivity contribution in [2.45, 2.75) is 23.8 Å². The normalized spacial score (nSPS) is 21.1. The van der Waals surface area contributed by atoms with Gasteiger partial charge >= 0.3 is 5.97 Å². The molecule has 8 nitrogen and oxygen atoms in total. The molecule has 11 heteroatoms. The molecule has 0 aromatic heterocycles. The van der Waals surface area contributed by atoms with Crippen molar-refractivity contribution in [3.05, 3.63) is 52.5 Å². The molecule has 0 spiro atoms. The van der Waals surface area contributed by atoms with Crippen molar-refractivity contribution in [2.75, 3.05) is 31.6 Å². The smallest absolute Gasteiger partial charge is 0.348 e. The molecule has 1 fully saturated rings. The first-order valence-corrected chi connectivity index (χ1v) is 12.5. The second-order valence-electron chi connectivity index (χ2n) is 7.82. The Morgan fingerprint density at radius 1 is 1.12 bits per heavy atom. The first-order valence-electron chi connectivity index (χ1n) is 10.3. The number of carbonyl (C=O) groups is 2. The van der Waals surface area contributed by atoms with E-state index >= 15 is 0 Å². The Hall–Kier alpha value is -2.33. The highest BCUT2D eigenvalue weighted by Gasteiger charge is 2.40. The SMILES string of the molecule is COC(=O)[C@@H]1CN(C(=O)[C@H]2CCCN(S(=O)(=O)c3cc(Cl)ccc3Cl)C2)c2ccccc2O1. The van der Waals surface area contributed by atoms with Gasteiger partial charge in [-0.1, -0.05) is 35.3 Å². The van der Waals surface area contributed by atoms with Crippen molar-refractivity contribution in [3.8, 4) is 5.75 Å². The summed E-state index contributed by atoms with van der Waals surface area (Å²) in [6, 6.07) is 11.2. The molecular weight excluding hydrogens is 491 g/mol. The van der Waals surface area contributed by atoms with Crippen LogP contribution in [0.5, 0.6) is 5.75 Å².